The van der Waals surface area contributed by atoms with Gasteiger partial charge in [0.25, 0.3) is 0 Å². The smallest absolute Gasteiger partial charge is 0.408 e. The van der Waals surface area contributed by atoms with E-state index in [0.29, 0.717) is 4.88 Å². The number of nitrogens with one attached hydrogen (secondary N) is 1. The number of aryl methyl sites for hydroxylation is 1. The molecule has 1 aliphatic carbocycles. The summed E-state index contributed by atoms with van der Waals surface area (Å²) in [7, 11) is 0. The molecule has 19 heavy (non-hydrogen) atoms. The van der Waals surface area contributed by atoms with Crippen molar-refractivity contribution in [3.05, 3.63) is 21.4 Å². The lowest BCUT2D eigenvalue weighted by Crippen LogP contribution is -2.34. The molecule has 1 heterocycles. The third-order valence-electron chi connectivity index (χ3n) is 2.78. The standard InChI is InChI=1S/C13H17NO4S/c1-13(2,3)18-12(17)14-8-4-5-9-7(8)6-10(19-9)11(15)16/h6,8H,4-5H2,1-3H3,(H,14,17)(H,15,16). The number of rotatable bonds is 2. The predicted molar refractivity (Wildman–Crippen MR) is 71.7 cm³/mol. The number of aromatic carboxylic acids is 1. The Morgan fingerprint density at radius 1 is 1.47 bits per heavy atom. The zero-order chi connectivity index (χ0) is 14.2. The molecule has 6 heteroatoms. The van der Waals surface area contributed by atoms with E-state index in [9.17, 15) is 9.59 Å². The topological polar surface area (TPSA) is 75.6 Å². The van der Waals surface area contributed by atoms with Crippen LogP contribution in [0.25, 0.3) is 0 Å². The lowest BCUT2D eigenvalue weighted by Gasteiger charge is -2.21. The van der Waals surface area contributed by atoms with E-state index in [-0.39, 0.29) is 6.04 Å². The second kappa shape index (κ2) is 4.85. The predicted octanol–water partition coefficient (Wildman–Crippen LogP) is 2.96. The number of carboxylic acid groups (broad SMARTS) is 1. The van der Waals surface area contributed by atoms with Gasteiger partial charge in [-0.3, -0.25) is 0 Å². The average Bonchev–Trinajstić information content (AvgIpc) is 2.77. The molecule has 1 atom stereocenters. The number of amides is 1. The van der Waals surface area contributed by atoms with Crippen molar-refractivity contribution in [1.82, 2.24) is 5.32 Å². The van der Waals surface area contributed by atoms with Crippen molar-refractivity contribution in [2.24, 2.45) is 0 Å². The van der Waals surface area contributed by atoms with Gasteiger partial charge in [-0.2, -0.15) is 0 Å². The van der Waals surface area contributed by atoms with Gasteiger partial charge in [0.05, 0.1) is 6.04 Å². The molecular formula is C13H17NO4S. The average molecular weight is 283 g/mol. The number of fused-ring (bicyclic) bond motifs is 1. The molecule has 5 nitrogen and oxygen atoms in total. The van der Waals surface area contributed by atoms with Crippen LogP contribution in [0.1, 0.15) is 53.3 Å². The molecule has 0 aromatic carbocycles. The first-order valence-electron chi connectivity index (χ1n) is 6.11. The highest BCUT2D eigenvalue weighted by atomic mass is 32.1. The number of alkyl carbamates (subject to hydrolysis) is 1. The Labute approximate surface area is 115 Å². The van der Waals surface area contributed by atoms with E-state index >= 15 is 0 Å². The molecule has 2 rings (SSSR count). The summed E-state index contributed by atoms with van der Waals surface area (Å²) in [6, 6.07) is 1.51. The first-order valence-corrected chi connectivity index (χ1v) is 6.93. The SMILES string of the molecule is CC(C)(C)OC(=O)NC1CCc2sc(C(=O)O)cc21. The van der Waals surface area contributed by atoms with E-state index < -0.39 is 17.7 Å². The van der Waals surface area contributed by atoms with E-state index in [1.165, 1.54) is 11.3 Å². The summed E-state index contributed by atoms with van der Waals surface area (Å²) in [5, 5.41) is 11.8. The fourth-order valence-electron chi connectivity index (χ4n) is 2.07. The van der Waals surface area contributed by atoms with Crippen LogP contribution in [0.2, 0.25) is 0 Å². The number of hydrogen-bond donors (Lipinski definition) is 2. The molecule has 0 saturated heterocycles. The van der Waals surface area contributed by atoms with Crippen molar-refractivity contribution >= 4 is 23.4 Å². The van der Waals surface area contributed by atoms with Crippen LogP contribution in [0.3, 0.4) is 0 Å². The van der Waals surface area contributed by atoms with Crippen LogP contribution < -0.4 is 5.32 Å². The molecular weight excluding hydrogens is 266 g/mol. The Hall–Kier alpha value is -1.56. The van der Waals surface area contributed by atoms with Crippen LogP contribution in [0.5, 0.6) is 0 Å². The Bertz CT molecular complexity index is 515. The van der Waals surface area contributed by atoms with Crippen LogP contribution in [0.15, 0.2) is 6.07 Å². The largest absolute Gasteiger partial charge is 0.477 e. The van der Waals surface area contributed by atoms with Gasteiger partial charge in [0.15, 0.2) is 0 Å². The minimum Gasteiger partial charge on any atom is -0.477 e. The minimum absolute atomic E-state index is 0.144. The van der Waals surface area contributed by atoms with Crippen molar-refractivity contribution in [2.75, 3.05) is 0 Å². The molecule has 0 saturated carbocycles. The van der Waals surface area contributed by atoms with E-state index in [1.54, 1.807) is 26.8 Å². The summed E-state index contributed by atoms with van der Waals surface area (Å²) in [4.78, 5) is 24.0. The second-order valence-corrected chi connectivity index (χ2v) is 6.67. The van der Waals surface area contributed by atoms with Crippen LogP contribution in [-0.4, -0.2) is 22.8 Å². The van der Waals surface area contributed by atoms with E-state index in [0.717, 1.165) is 23.3 Å². The zero-order valence-electron chi connectivity index (χ0n) is 11.1. The molecule has 104 valence electrons. The first-order chi connectivity index (χ1) is 8.76. The van der Waals surface area contributed by atoms with E-state index in [1.807, 2.05) is 0 Å². The Morgan fingerprint density at radius 2 is 2.16 bits per heavy atom. The second-order valence-electron chi connectivity index (χ2n) is 5.53. The number of carbonyl (C=O) groups excluding carboxylic acids is 1. The van der Waals surface area contributed by atoms with Gasteiger partial charge in [-0.05, 0) is 45.2 Å². The monoisotopic (exact) mass is 283 g/mol. The summed E-state index contributed by atoms with van der Waals surface area (Å²) in [5.74, 6) is -0.921. The van der Waals surface area contributed by atoms with Gasteiger partial charge in [-0.1, -0.05) is 0 Å². The third kappa shape index (κ3) is 3.26. The van der Waals surface area contributed by atoms with Crippen LogP contribution in [0.4, 0.5) is 4.79 Å². The third-order valence-corrected chi connectivity index (χ3v) is 3.98. The quantitative estimate of drug-likeness (QED) is 0.875. The van der Waals surface area contributed by atoms with Crippen molar-refractivity contribution in [1.29, 1.82) is 0 Å². The van der Waals surface area contributed by atoms with Gasteiger partial charge >= 0.3 is 12.1 Å². The van der Waals surface area contributed by atoms with E-state index in [2.05, 4.69) is 5.32 Å². The summed E-state index contributed by atoms with van der Waals surface area (Å²) in [5.41, 5.74) is 0.375. The highest BCUT2D eigenvalue weighted by Gasteiger charge is 2.29. The maximum Gasteiger partial charge on any atom is 0.408 e. The van der Waals surface area contributed by atoms with Gasteiger partial charge in [0, 0.05) is 4.88 Å². The summed E-state index contributed by atoms with van der Waals surface area (Å²) in [6.45, 7) is 5.42. The molecule has 0 radical (unpaired) electrons. The minimum atomic E-state index is -0.921. The number of carboxylic acids is 1. The van der Waals surface area contributed by atoms with Gasteiger partial charge in [0.1, 0.15) is 10.5 Å². The van der Waals surface area contributed by atoms with E-state index in [4.69, 9.17) is 9.84 Å². The summed E-state index contributed by atoms with van der Waals surface area (Å²) >= 11 is 1.28. The first kappa shape index (κ1) is 13.9. The molecule has 1 amide bonds. The lowest BCUT2D eigenvalue weighted by atomic mass is 10.1. The molecule has 1 unspecified atom stereocenters. The molecule has 1 aliphatic rings. The number of ether oxygens (including phenoxy) is 1. The van der Waals surface area contributed by atoms with Gasteiger partial charge in [-0.15, -0.1) is 11.3 Å². The van der Waals surface area contributed by atoms with Crippen molar-refractivity contribution in [3.63, 3.8) is 0 Å². The number of carbonyl (C=O) groups is 2. The number of hydrogen-bond acceptors (Lipinski definition) is 4. The molecule has 0 bridgehead atoms. The van der Waals surface area contributed by atoms with Crippen molar-refractivity contribution < 1.29 is 19.4 Å². The maximum absolute atomic E-state index is 11.7. The molecule has 2 N–H and O–H groups in total. The van der Waals surface area contributed by atoms with Crippen LogP contribution in [-0.2, 0) is 11.2 Å². The van der Waals surface area contributed by atoms with Crippen LogP contribution >= 0.6 is 11.3 Å². The summed E-state index contributed by atoms with van der Waals surface area (Å²) < 4.78 is 5.21. The van der Waals surface area contributed by atoms with Gasteiger partial charge < -0.3 is 15.2 Å². The highest BCUT2D eigenvalue weighted by Crippen LogP contribution is 2.37. The molecule has 0 spiro atoms. The Kier molecular flexibility index (Phi) is 3.54. The molecule has 1 aromatic heterocycles. The van der Waals surface area contributed by atoms with Crippen molar-refractivity contribution in [2.45, 2.75) is 45.3 Å². The highest BCUT2D eigenvalue weighted by molar-refractivity contribution is 7.14. The fraction of sp³-hybridized carbons (Fsp3) is 0.538. The summed E-state index contributed by atoms with van der Waals surface area (Å²) in [6.07, 6.45) is 1.13. The maximum atomic E-state index is 11.7. The molecule has 0 fully saturated rings. The van der Waals surface area contributed by atoms with Gasteiger partial charge in [0.2, 0.25) is 0 Å². The fourth-order valence-corrected chi connectivity index (χ4v) is 3.15. The molecule has 0 aliphatic heterocycles. The van der Waals surface area contributed by atoms with Crippen molar-refractivity contribution in [3.8, 4) is 0 Å². The van der Waals surface area contributed by atoms with Gasteiger partial charge in [-0.25, -0.2) is 9.59 Å². The number of thiophene rings is 1. The normalized spacial score (nSPS) is 17.9. The Balaban J connectivity index is 2.06. The lowest BCUT2D eigenvalue weighted by molar-refractivity contribution is 0.0503. The van der Waals surface area contributed by atoms with Crippen LogP contribution in [0, 0.1) is 0 Å². The Morgan fingerprint density at radius 3 is 2.74 bits per heavy atom. The molecule has 1 aromatic rings. The zero-order valence-corrected chi connectivity index (χ0v) is 12.0.